The first-order chi connectivity index (χ1) is 26.9. The zero-order chi connectivity index (χ0) is 48.3. The van der Waals surface area contributed by atoms with Crippen LogP contribution in [-0.4, -0.2) is 186 Å². The maximum Gasteiger partial charge on any atom is 0.319 e. The second kappa shape index (κ2) is 49.8. The molecule has 21 nitrogen and oxygen atoms in total. The maximum absolute atomic E-state index is 7.56. The second-order valence-corrected chi connectivity index (χ2v) is 22.5. The molecular formula is C27H78O21P4S4Si3. The van der Waals surface area contributed by atoms with Gasteiger partial charge in [0.15, 0.2) is 18.9 Å². The number of ether oxygens (including phenoxy) is 9. The van der Waals surface area contributed by atoms with Crippen LogP contribution >= 0.6 is 26.9 Å². The van der Waals surface area contributed by atoms with Gasteiger partial charge in [-0.1, -0.05) is 0 Å². The molecule has 0 aliphatic rings. The van der Waals surface area contributed by atoms with Crippen molar-refractivity contribution in [2.75, 3.05) is 59.5 Å². The van der Waals surface area contributed by atoms with Gasteiger partial charge in [-0.05, 0) is 128 Å². The van der Waals surface area contributed by atoms with Crippen molar-refractivity contribution in [2.45, 2.75) is 118 Å². The minimum absolute atomic E-state index is 0.122. The predicted molar refractivity (Wildman–Crippen MR) is 255 cm³/mol. The lowest BCUT2D eigenvalue weighted by molar-refractivity contribution is -0.196. The number of hydrogen-bond acceptors (Lipinski definition) is 13. The van der Waals surface area contributed by atoms with Gasteiger partial charge in [0.2, 0.25) is 0 Å². The largest absolute Gasteiger partial charge is 0.374 e. The molecule has 3 atom stereocenters. The summed E-state index contributed by atoms with van der Waals surface area (Å²) in [4.78, 5) is 90.7. The van der Waals surface area contributed by atoms with Crippen molar-refractivity contribution in [1.29, 1.82) is 0 Å². The molecule has 0 aromatic heterocycles. The average Bonchev–Trinajstić information content (AvgIpc) is 3.06. The molecule has 0 saturated heterocycles. The highest BCUT2D eigenvalue weighted by Crippen LogP contribution is 2.28. The summed E-state index contributed by atoms with van der Waals surface area (Å²) in [5.41, 5.74) is 0. The van der Waals surface area contributed by atoms with Crippen LogP contribution in [0.15, 0.2) is 0 Å². The van der Waals surface area contributed by atoms with Crippen LogP contribution in [0.5, 0.6) is 0 Å². The maximum atomic E-state index is 7.56. The molecule has 0 radical (unpaired) electrons. The molecule has 59 heavy (non-hydrogen) atoms. The Morgan fingerprint density at radius 2 is 0.407 bits per heavy atom. The van der Waals surface area contributed by atoms with E-state index in [1.165, 1.54) is 0 Å². The Morgan fingerprint density at radius 1 is 0.305 bits per heavy atom. The van der Waals surface area contributed by atoms with Gasteiger partial charge in [-0.3, -0.25) is 0 Å². The molecule has 12 N–H and O–H groups in total. The summed E-state index contributed by atoms with van der Waals surface area (Å²) in [7, 11) is 3.34. The molecule has 0 rings (SSSR count). The van der Waals surface area contributed by atoms with Crippen LogP contribution in [0.1, 0.15) is 62.3 Å². The highest BCUT2D eigenvalue weighted by molar-refractivity contribution is 8.07. The topological polar surface area (TPSA) is 326 Å². The van der Waals surface area contributed by atoms with Crippen LogP contribution in [-0.2, 0) is 89.9 Å². The minimum atomic E-state index is -3.81. The van der Waals surface area contributed by atoms with Crippen LogP contribution in [0.25, 0.3) is 0 Å². The van der Waals surface area contributed by atoms with Gasteiger partial charge in [0.05, 0.1) is 0 Å². The van der Waals surface area contributed by atoms with E-state index in [1.54, 1.807) is 0 Å². The molecule has 32 heteroatoms. The highest BCUT2D eigenvalue weighted by atomic mass is 32.5. The number of rotatable bonds is 24. The normalized spacial score (nSPS) is 13.2. The van der Waals surface area contributed by atoms with Crippen molar-refractivity contribution in [3.05, 3.63) is 0 Å². The van der Waals surface area contributed by atoms with E-state index < -0.39 is 26.9 Å². The average molecular weight is 1080 g/mol. The Bertz CT molecular complexity index is 861. The Hall–Kier alpha value is 2.41. The third kappa shape index (κ3) is 91.7. The van der Waals surface area contributed by atoms with E-state index in [4.69, 9.17) is 101 Å². The summed E-state index contributed by atoms with van der Waals surface area (Å²) < 4.78 is 49.4. The molecule has 0 amide bonds. The molecule has 0 aliphatic carbocycles. The predicted octanol–water partition coefficient (Wildman–Crippen LogP) is -1.53. The van der Waals surface area contributed by atoms with E-state index in [0.29, 0.717) is 39.6 Å². The van der Waals surface area contributed by atoms with Gasteiger partial charge in [-0.2, -0.15) is 0 Å². The van der Waals surface area contributed by atoms with E-state index in [2.05, 4.69) is 47.2 Å². The van der Waals surface area contributed by atoms with Gasteiger partial charge < -0.3 is 101 Å². The summed E-state index contributed by atoms with van der Waals surface area (Å²) in [6.45, 7) is 8.86. The smallest absolute Gasteiger partial charge is 0.319 e. The molecule has 0 bridgehead atoms. The van der Waals surface area contributed by atoms with E-state index in [1.807, 2.05) is 62.3 Å². The quantitative estimate of drug-likeness (QED) is 0.0297. The molecule has 3 unspecified atom stereocenters. The lowest BCUT2D eigenvalue weighted by Crippen LogP contribution is -2.34. The van der Waals surface area contributed by atoms with Crippen molar-refractivity contribution in [3.8, 4) is 0 Å². The van der Waals surface area contributed by atoms with Crippen molar-refractivity contribution in [2.24, 2.45) is 0 Å². The van der Waals surface area contributed by atoms with Crippen molar-refractivity contribution < 1.29 is 101 Å². The monoisotopic (exact) mass is 1070 g/mol. The van der Waals surface area contributed by atoms with Crippen LogP contribution in [0.4, 0.5) is 0 Å². The summed E-state index contributed by atoms with van der Waals surface area (Å²) in [5.74, 6) is 0. The van der Waals surface area contributed by atoms with E-state index >= 15 is 0 Å². The number of hydrogen-bond donors (Lipinski definition) is 12. The summed E-state index contributed by atoms with van der Waals surface area (Å²) >= 11 is 14.4. The minimum Gasteiger partial charge on any atom is -0.374 e. The second-order valence-electron chi connectivity index (χ2n) is 10.1. The highest BCUT2D eigenvalue weighted by Gasteiger charge is 2.22. The molecular weight excluding hydrogens is 997 g/mol. The molecule has 368 valence electrons. The molecule has 0 aromatic carbocycles. The van der Waals surface area contributed by atoms with Gasteiger partial charge in [0.1, 0.15) is 18.3 Å². The fraction of sp³-hybridized carbons (Fsp3) is 1.00. The Kier molecular flexibility index (Phi) is 63.9. The van der Waals surface area contributed by atoms with Crippen LogP contribution in [0, 0.1) is 0 Å². The molecule has 0 aliphatic heterocycles. The molecule has 0 fully saturated rings. The molecule has 0 spiro atoms. The van der Waals surface area contributed by atoms with Crippen molar-refractivity contribution in [3.63, 3.8) is 0 Å². The summed E-state index contributed by atoms with van der Waals surface area (Å²) in [6, 6.07) is 3.16. The summed E-state index contributed by atoms with van der Waals surface area (Å²) in [5, 5.41) is 0. The van der Waals surface area contributed by atoms with Gasteiger partial charge in [0.25, 0.3) is 0 Å². The molecule has 0 saturated carbocycles. The van der Waals surface area contributed by atoms with E-state index in [0.717, 1.165) is 68.7 Å². The van der Waals surface area contributed by atoms with E-state index in [-0.39, 0.29) is 37.2 Å². The standard InChI is InChI=1S/3C9H22O3Si.4H3O3PS/c3*1-4-10-8(7-13)9(11-5-2)12-6-3;4*1-4(2,3)5/h3*8-9H,4-7H2,1-3,13H3;4*(H3,1,2,3,5). The molecule has 0 aromatic rings. The zero-order valence-electron chi connectivity index (χ0n) is 36.4. The van der Waals surface area contributed by atoms with Gasteiger partial charge in [-0.15, -0.1) is 0 Å². The Morgan fingerprint density at radius 3 is 0.475 bits per heavy atom. The Labute approximate surface area is 381 Å². The third-order valence-corrected chi connectivity index (χ3v) is 7.66. The lowest BCUT2D eigenvalue weighted by Gasteiger charge is -2.25. The van der Waals surface area contributed by atoms with Gasteiger partial charge in [-0.25, -0.2) is 0 Å². The van der Waals surface area contributed by atoms with Crippen molar-refractivity contribution >= 4 is 105 Å². The van der Waals surface area contributed by atoms with Crippen LogP contribution in [0.3, 0.4) is 0 Å². The SMILES string of the molecule is CCOC(C[SiH3])C(OCC)OCC.CCOC(C[SiH3])C(OCC)OCC.CCOC(C[SiH3])C(OCC)OCC.OP(O)(O)=S.OP(O)(O)=S.OP(O)(O)=S.OP(O)(O)=S. The summed E-state index contributed by atoms with van der Waals surface area (Å²) in [6.07, 6.45) is -0.156. The van der Waals surface area contributed by atoms with Crippen LogP contribution < -0.4 is 0 Å². The first kappa shape index (κ1) is 75.7. The van der Waals surface area contributed by atoms with Gasteiger partial charge in [0, 0.05) is 90.2 Å². The van der Waals surface area contributed by atoms with Gasteiger partial charge >= 0.3 is 26.9 Å². The lowest BCUT2D eigenvalue weighted by atomic mass is 10.4. The molecule has 0 heterocycles. The van der Waals surface area contributed by atoms with Crippen LogP contribution in [0.2, 0.25) is 18.1 Å². The fourth-order valence-electron chi connectivity index (χ4n) is 3.58. The first-order valence-electron chi connectivity index (χ1n) is 18.6. The zero-order valence-corrected chi connectivity index (χ0v) is 49.3. The third-order valence-electron chi connectivity index (χ3n) is 5.25. The van der Waals surface area contributed by atoms with Crippen molar-refractivity contribution in [1.82, 2.24) is 0 Å². The fourth-order valence-corrected chi connectivity index (χ4v) is 5.44. The first-order valence-corrected chi connectivity index (χ1v) is 33.4. The van der Waals surface area contributed by atoms with E-state index in [9.17, 15) is 0 Å². The Balaban J connectivity index is -0.000000112.